The molecule has 122 valence electrons. The van der Waals surface area contributed by atoms with Crippen molar-refractivity contribution in [1.82, 2.24) is 0 Å². The van der Waals surface area contributed by atoms with Gasteiger partial charge in [0.1, 0.15) is 18.3 Å². The van der Waals surface area contributed by atoms with Crippen LogP contribution >= 0.6 is 0 Å². The van der Waals surface area contributed by atoms with E-state index in [1.54, 1.807) is 0 Å². The van der Waals surface area contributed by atoms with Crippen LogP contribution in [-0.4, -0.2) is 13.2 Å². The average molecular weight is 322 g/mol. The summed E-state index contributed by atoms with van der Waals surface area (Å²) in [4.78, 5) is 0. The van der Waals surface area contributed by atoms with Crippen molar-refractivity contribution in [3.05, 3.63) is 70.3 Å². The van der Waals surface area contributed by atoms with Gasteiger partial charge in [0, 0.05) is 11.5 Å². The monoisotopic (exact) mass is 322 g/mol. The van der Waals surface area contributed by atoms with E-state index in [1.807, 2.05) is 31.2 Å². The third kappa shape index (κ3) is 3.41. The van der Waals surface area contributed by atoms with Crippen molar-refractivity contribution in [2.24, 2.45) is 0 Å². The minimum atomic E-state index is -1.18. The van der Waals surface area contributed by atoms with E-state index in [0.29, 0.717) is 13.2 Å². The fraction of sp³-hybridized carbons (Fsp3) is 0.333. The van der Waals surface area contributed by atoms with Gasteiger partial charge in [-0.15, -0.1) is 0 Å². The summed E-state index contributed by atoms with van der Waals surface area (Å²) < 4.78 is 51.0. The van der Waals surface area contributed by atoms with Gasteiger partial charge in [0.15, 0.2) is 6.29 Å². The molecule has 2 aromatic rings. The number of halogens is 3. The standard InChI is InChI=1S/C18H17F3O2/c1-11-2-4-12(5-3-11)14-9-22-18(23-10-14)13-6-16(20)15(8-19)17(21)7-13/h2-7,14,18H,8-10H2,1H3. The molecule has 0 radical (unpaired) electrons. The summed E-state index contributed by atoms with van der Waals surface area (Å²) >= 11 is 0. The normalized spacial score (nSPS) is 21.4. The largest absolute Gasteiger partial charge is 0.348 e. The second kappa shape index (κ2) is 6.72. The van der Waals surface area contributed by atoms with E-state index in [4.69, 9.17) is 9.47 Å². The van der Waals surface area contributed by atoms with Gasteiger partial charge in [0.25, 0.3) is 0 Å². The first-order valence-electron chi connectivity index (χ1n) is 7.42. The second-order valence-electron chi connectivity index (χ2n) is 5.70. The molecule has 0 bridgehead atoms. The number of alkyl halides is 1. The lowest BCUT2D eigenvalue weighted by atomic mass is 9.99. The number of benzene rings is 2. The molecule has 1 heterocycles. The zero-order valence-corrected chi connectivity index (χ0v) is 12.7. The van der Waals surface area contributed by atoms with Gasteiger partial charge in [-0.2, -0.15) is 0 Å². The predicted octanol–water partition coefficient (Wildman–Crippen LogP) is 4.57. The van der Waals surface area contributed by atoms with Gasteiger partial charge in [-0.05, 0) is 24.6 Å². The molecule has 0 spiro atoms. The maximum absolute atomic E-state index is 13.7. The summed E-state index contributed by atoms with van der Waals surface area (Å²) in [7, 11) is 0. The fourth-order valence-corrected chi connectivity index (χ4v) is 2.61. The van der Waals surface area contributed by atoms with Gasteiger partial charge in [-0.25, -0.2) is 13.2 Å². The molecule has 3 rings (SSSR count). The molecule has 1 saturated heterocycles. The Morgan fingerprint density at radius 2 is 1.52 bits per heavy atom. The third-order valence-corrected chi connectivity index (χ3v) is 4.02. The molecule has 0 aliphatic carbocycles. The lowest BCUT2D eigenvalue weighted by Crippen LogP contribution is -2.26. The zero-order chi connectivity index (χ0) is 16.4. The van der Waals surface area contributed by atoms with Gasteiger partial charge in [-0.1, -0.05) is 29.8 Å². The summed E-state index contributed by atoms with van der Waals surface area (Å²) in [6.07, 6.45) is -0.839. The highest BCUT2D eigenvalue weighted by Gasteiger charge is 2.26. The molecule has 23 heavy (non-hydrogen) atoms. The number of rotatable bonds is 3. The molecule has 2 nitrogen and oxygen atoms in total. The van der Waals surface area contributed by atoms with E-state index in [0.717, 1.165) is 17.7 Å². The van der Waals surface area contributed by atoms with Gasteiger partial charge >= 0.3 is 0 Å². The van der Waals surface area contributed by atoms with Crippen molar-refractivity contribution in [1.29, 1.82) is 0 Å². The number of ether oxygens (including phenoxy) is 2. The van der Waals surface area contributed by atoms with Crippen LogP contribution in [0.2, 0.25) is 0 Å². The van der Waals surface area contributed by atoms with Crippen LogP contribution in [0, 0.1) is 18.6 Å². The van der Waals surface area contributed by atoms with Crippen molar-refractivity contribution in [2.45, 2.75) is 25.8 Å². The molecule has 0 N–H and O–H groups in total. The first-order chi connectivity index (χ1) is 11.1. The molecule has 1 aliphatic rings. The summed E-state index contributed by atoms with van der Waals surface area (Å²) in [6, 6.07) is 10.2. The first-order valence-corrected chi connectivity index (χ1v) is 7.42. The van der Waals surface area contributed by atoms with Crippen molar-refractivity contribution >= 4 is 0 Å². The molecule has 5 heteroatoms. The highest BCUT2D eigenvalue weighted by Crippen LogP contribution is 2.31. The summed E-state index contributed by atoms with van der Waals surface area (Å²) in [5.41, 5.74) is 1.92. The smallest absolute Gasteiger partial charge is 0.184 e. The Kier molecular flexibility index (Phi) is 4.68. The Bertz CT molecular complexity index is 654. The summed E-state index contributed by atoms with van der Waals surface area (Å²) in [6.45, 7) is 1.61. The Balaban J connectivity index is 1.70. The molecule has 1 aliphatic heterocycles. The van der Waals surface area contributed by atoms with Gasteiger partial charge in [0.2, 0.25) is 0 Å². The van der Waals surface area contributed by atoms with Crippen LogP contribution in [0.1, 0.15) is 34.5 Å². The Labute approximate surface area is 132 Å². The number of aryl methyl sites for hydroxylation is 1. The summed E-state index contributed by atoms with van der Waals surface area (Å²) in [5.74, 6) is -1.77. The van der Waals surface area contributed by atoms with Crippen LogP contribution in [0.3, 0.4) is 0 Å². The van der Waals surface area contributed by atoms with Crippen molar-refractivity contribution in [3.8, 4) is 0 Å². The molecule has 0 atom stereocenters. The SMILES string of the molecule is Cc1ccc(C2COC(c3cc(F)c(CF)c(F)c3)OC2)cc1. The van der Waals surface area contributed by atoms with E-state index < -0.39 is 30.2 Å². The predicted molar refractivity (Wildman–Crippen MR) is 79.7 cm³/mol. The van der Waals surface area contributed by atoms with Gasteiger partial charge < -0.3 is 9.47 Å². The second-order valence-corrected chi connectivity index (χ2v) is 5.70. The average Bonchev–Trinajstić information content (AvgIpc) is 2.55. The minimum Gasteiger partial charge on any atom is -0.348 e. The van der Waals surface area contributed by atoms with Crippen LogP contribution in [0.4, 0.5) is 13.2 Å². The van der Waals surface area contributed by atoms with E-state index in [-0.39, 0.29) is 11.5 Å². The maximum atomic E-state index is 13.7. The van der Waals surface area contributed by atoms with Crippen LogP contribution < -0.4 is 0 Å². The highest BCUT2D eigenvalue weighted by molar-refractivity contribution is 5.28. The van der Waals surface area contributed by atoms with E-state index in [9.17, 15) is 13.2 Å². The fourth-order valence-electron chi connectivity index (χ4n) is 2.61. The first kappa shape index (κ1) is 16.0. The van der Waals surface area contributed by atoms with E-state index in [2.05, 4.69) is 0 Å². The summed E-state index contributed by atoms with van der Waals surface area (Å²) in [5, 5.41) is 0. The Hall–Kier alpha value is -1.85. The lowest BCUT2D eigenvalue weighted by Gasteiger charge is -2.30. The van der Waals surface area contributed by atoms with Crippen LogP contribution in [-0.2, 0) is 16.1 Å². The molecular weight excluding hydrogens is 305 g/mol. The van der Waals surface area contributed by atoms with Crippen molar-refractivity contribution < 1.29 is 22.6 Å². The number of hydrogen-bond acceptors (Lipinski definition) is 2. The van der Waals surface area contributed by atoms with Crippen molar-refractivity contribution in [3.63, 3.8) is 0 Å². The van der Waals surface area contributed by atoms with Crippen LogP contribution in [0.5, 0.6) is 0 Å². The van der Waals surface area contributed by atoms with E-state index >= 15 is 0 Å². The topological polar surface area (TPSA) is 18.5 Å². The van der Waals surface area contributed by atoms with Gasteiger partial charge in [-0.3, -0.25) is 0 Å². The third-order valence-electron chi connectivity index (χ3n) is 4.02. The van der Waals surface area contributed by atoms with Crippen LogP contribution in [0.15, 0.2) is 36.4 Å². The Morgan fingerprint density at radius 1 is 0.957 bits per heavy atom. The molecular formula is C18H17F3O2. The maximum Gasteiger partial charge on any atom is 0.184 e. The molecule has 0 unspecified atom stereocenters. The molecule has 2 aromatic carbocycles. The highest BCUT2D eigenvalue weighted by atomic mass is 19.1. The van der Waals surface area contributed by atoms with Crippen molar-refractivity contribution in [2.75, 3.05) is 13.2 Å². The quantitative estimate of drug-likeness (QED) is 0.824. The number of hydrogen-bond donors (Lipinski definition) is 0. The molecule has 0 saturated carbocycles. The van der Waals surface area contributed by atoms with E-state index in [1.165, 1.54) is 5.56 Å². The molecule has 1 fully saturated rings. The molecule has 0 amide bonds. The van der Waals surface area contributed by atoms with Crippen LogP contribution in [0.25, 0.3) is 0 Å². The lowest BCUT2D eigenvalue weighted by molar-refractivity contribution is -0.192. The Morgan fingerprint density at radius 3 is 2.04 bits per heavy atom. The molecule has 0 aromatic heterocycles. The minimum absolute atomic E-state index is 0.0756. The zero-order valence-electron chi connectivity index (χ0n) is 12.7. The van der Waals surface area contributed by atoms with Gasteiger partial charge in [0.05, 0.1) is 18.8 Å².